The molecule has 9 heteroatoms. The second-order valence-corrected chi connectivity index (χ2v) is 8.69. The van der Waals surface area contributed by atoms with E-state index in [-0.39, 0.29) is 17.4 Å². The quantitative estimate of drug-likeness (QED) is 0.155. The molecule has 0 fully saturated rings. The third kappa shape index (κ3) is 5.88. The maximum atomic E-state index is 13.5. The molecule has 0 unspecified atom stereocenters. The van der Waals surface area contributed by atoms with Gasteiger partial charge in [-0.05, 0) is 72.6 Å². The molecule has 1 heterocycles. The number of hydrogen-bond acceptors (Lipinski definition) is 6. The lowest BCUT2D eigenvalue weighted by Gasteiger charge is -2.06. The summed E-state index contributed by atoms with van der Waals surface area (Å²) in [6, 6.07) is 18.8. The van der Waals surface area contributed by atoms with E-state index in [0.717, 1.165) is 12.8 Å². The molecule has 0 aliphatic carbocycles. The van der Waals surface area contributed by atoms with Gasteiger partial charge >= 0.3 is 0 Å². The van der Waals surface area contributed by atoms with Gasteiger partial charge in [0, 0.05) is 23.3 Å². The number of unbranched alkanes of at least 4 members (excludes halogenated alkanes) is 1. The van der Waals surface area contributed by atoms with Crippen LogP contribution in [0.4, 0.5) is 15.2 Å². The van der Waals surface area contributed by atoms with E-state index in [0.29, 0.717) is 44.7 Å². The molecule has 3 aromatic carbocycles. The molecule has 4 aromatic rings. The third-order valence-electron chi connectivity index (χ3n) is 5.19. The first-order valence-corrected chi connectivity index (χ1v) is 11.8. The van der Waals surface area contributed by atoms with Gasteiger partial charge in [-0.1, -0.05) is 24.7 Å². The lowest BCUT2D eigenvalue weighted by atomic mass is 10.1. The molecule has 0 aliphatic heterocycles. The molecule has 7 nitrogen and oxygen atoms in total. The van der Waals surface area contributed by atoms with Gasteiger partial charge in [0.15, 0.2) is 5.13 Å². The first-order chi connectivity index (χ1) is 16.9. The number of amides is 1. The van der Waals surface area contributed by atoms with Crippen molar-refractivity contribution in [3.8, 4) is 27.4 Å². The number of aromatic nitrogens is 1. The molecule has 0 atom stereocenters. The van der Waals surface area contributed by atoms with Gasteiger partial charge in [0.1, 0.15) is 11.6 Å². The fourth-order valence-electron chi connectivity index (χ4n) is 3.31. The molecule has 0 aliphatic rings. The summed E-state index contributed by atoms with van der Waals surface area (Å²) >= 11 is 1.23. The van der Waals surface area contributed by atoms with Crippen LogP contribution < -0.4 is 10.1 Å². The van der Waals surface area contributed by atoms with Gasteiger partial charge in [-0.25, -0.2) is 9.37 Å². The largest absolute Gasteiger partial charge is 0.494 e. The van der Waals surface area contributed by atoms with Crippen molar-refractivity contribution in [3.05, 3.63) is 94.3 Å². The fourth-order valence-corrected chi connectivity index (χ4v) is 4.30. The summed E-state index contributed by atoms with van der Waals surface area (Å²) < 4.78 is 19.1. The van der Waals surface area contributed by atoms with E-state index in [1.54, 1.807) is 48.5 Å². The number of rotatable bonds is 9. The van der Waals surface area contributed by atoms with Crippen LogP contribution in [0.2, 0.25) is 0 Å². The zero-order valence-electron chi connectivity index (χ0n) is 18.9. The van der Waals surface area contributed by atoms with Crippen LogP contribution in [0.25, 0.3) is 21.7 Å². The van der Waals surface area contributed by atoms with Gasteiger partial charge in [-0.2, -0.15) is 0 Å². The molecule has 0 saturated heterocycles. The summed E-state index contributed by atoms with van der Waals surface area (Å²) in [7, 11) is 0. The van der Waals surface area contributed by atoms with Crippen LogP contribution in [-0.4, -0.2) is 22.4 Å². The molecule has 1 N–H and O–H groups in total. The van der Waals surface area contributed by atoms with Crippen molar-refractivity contribution in [1.82, 2.24) is 4.98 Å². The van der Waals surface area contributed by atoms with E-state index in [1.165, 1.54) is 35.6 Å². The van der Waals surface area contributed by atoms with Crippen molar-refractivity contribution in [1.29, 1.82) is 0 Å². The van der Waals surface area contributed by atoms with Crippen LogP contribution in [-0.2, 0) is 0 Å². The molecule has 0 spiro atoms. The van der Waals surface area contributed by atoms with Crippen molar-refractivity contribution in [3.63, 3.8) is 0 Å². The van der Waals surface area contributed by atoms with E-state index < -0.39 is 4.92 Å². The summed E-state index contributed by atoms with van der Waals surface area (Å²) in [5.41, 5.74) is 2.31. The van der Waals surface area contributed by atoms with E-state index in [1.807, 2.05) is 0 Å². The summed E-state index contributed by atoms with van der Waals surface area (Å²) in [6.07, 6.45) is 2.00. The lowest BCUT2D eigenvalue weighted by Crippen LogP contribution is -2.11. The van der Waals surface area contributed by atoms with Crippen molar-refractivity contribution in [2.24, 2.45) is 0 Å². The summed E-state index contributed by atoms with van der Waals surface area (Å²) in [6.45, 7) is 2.71. The standard InChI is InChI=1S/C26H22FN3O4S/c1-2-3-16-34-22-14-8-19(9-15-22)25(31)29-26-28-23(17-4-10-20(27)11-5-17)24(35-26)18-6-12-21(13-7-18)30(32)33/h4-15H,2-3,16H2,1H3,(H,28,29,31). The minimum Gasteiger partial charge on any atom is -0.494 e. The Hall–Kier alpha value is -4.11. The number of anilines is 1. The SMILES string of the molecule is CCCCOc1ccc(C(=O)Nc2nc(-c3ccc(F)cc3)c(-c3ccc([N+](=O)[O-])cc3)s2)cc1. The Morgan fingerprint density at radius 3 is 2.31 bits per heavy atom. The van der Waals surface area contributed by atoms with E-state index in [2.05, 4.69) is 17.2 Å². The van der Waals surface area contributed by atoms with Crippen LogP contribution in [0, 0.1) is 15.9 Å². The second-order valence-electron chi connectivity index (χ2n) is 7.69. The smallest absolute Gasteiger partial charge is 0.269 e. The van der Waals surface area contributed by atoms with Gasteiger partial charge in [0.05, 0.1) is 22.1 Å². The maximum absolute atomic E-state index is 13.5. The highest BCUT2D eigenvalue weighted by molar-refractivity contribution is 7.19. The van der Waals surface area contributed by atoms with E-state index in [4.69, 9.17) is 4.74 Å². The van der Waals surface area contributed by atoms with Crippen molar-refractivity contribution < 1.29 is 18.8 Å². The molecular weight excluding hydrogens is 469 g/mol. The predicted octanol–water partition coefficient (Wildman–Crippen LogP) is 6.96. The Balaban J connectivity index is 1.60. The highest BCUT2D eigenvalue weighted by atomic mass is 32.1. The number of nitrogens with zero attached hydrogens (tertiary/aromatic N) is 2. The van der Waals surface area contributed by atoms with Crippen LogP contribution in [0.5, 0.6) is 5.75 Å². The Bertz CT molecular complexity index is 1320. The first-order valence-electron chi connectivity index (χ1n) is 11.0. The minimum absolute atomic E-state index is 0.0303. The summed E-state index contributed by atoms with van der Waals surface area (Å²) in [4.78, 5) is 28.7. The Morgan fingerprint density at radius 1 is 1.03 bits per heavy atom. The van der Waals surface area contributed by atoms with Crippen molar-refractivity contribution in [2.75, 3.05) is 11.9 Å². The van der Waals surface area contributed by atoms with Gasteiger partial charge < -0.3 is 4.74 Å². The molecule has 1 amide bonds. The highest BCUT2D eigenvalue weighted by Crippen LogP contribution is 2.39. The fraction of sp³-hybridized carbons (Fsp3) is 0.154. The number of benzene rings is 3. The van der Waals surface area contributed by atoms with E-state index in [9.17, 15) is 19.3 Å². The maximum Gasteiger partial charge on any atom is 0.269 e. The Labute approximate surface area is 205 Å². The molecular formula is C26H22FN3O4S. The summed E-state index contributed by atoms with van der Waals surface area (Å²) in [5.74, 6) is -0.0143. The normalized spacial score (nSPS) is 10.7. The number of non-ortho nitro benzene ring substituents is 1. The van der Waals surface area contributed by atoms with Gasteiger partial charge in [0.2, 0.25) is 0 Å². The number of ether oxygens (including phenoxy) is 1. The number of thiazole rings is 1. The third-order valence-corrected chi connectivity index (χ3v) is 6.21. The number of nitro groups is 1. The molecule has 178 valence electrons. The highest BCUT2D eigenvalue weighted by Gasteiger charge is 2.18. The zero-order valence-corrected chi connectivity index (χ0v) is 19.7. The van der Waals surface area contributed by atoms with E-state index >= 15 is 0 Å². The molecule has 1 aromatic heterocycles. The monoisotopic (exact) mass is 491 g/mol. The molecule has 4 rings (SSSR count). The number of nitrogens with one attached hydrogen (secondary N) is 1. The second kappa shape index (κ2) is 10.9. The number of nitro benzene ring substituents is 1. The molecule has 35 heavy (non-hydrogen) atoms. The molecule has 0 saturated carbocycles. The number of hydrogen-bond donors (Lipinski definition) is 1. The lowest BCUT2D eigenvalue weighted by molar-refractivity contribution is -0.384. The number of carbonyl (C=O) groups is 1. The van der Waals surface area contributed by atoms with Crippen molar-refractivity contribution >= 4 is 28.1 Å². The molecule has 0 radical (unpaired) electrons. The zero-order chi connectivity index (χ0) is 24.8. The van der Waals surface area contributed by atoms with Crippen molar-refractivity contribution in [2.45, 2.75) is 19.8 Å². The Kier molecular flexibility index (Phi) is 7.47. The number of halogens is 1. The molecule has 0 bridgehead atoms. The van der Waals surface area contributed by atoms with Crippen LogP contribution in [0.3, 0.4) is 0 Å². The average Bonchev–Trinajstić information content (AvgIpc) is 3.28. The van der Waals surface area contributed by atoms with Crippen LogP contribution >= 0.6 is 11.3 Å². The van der Waals surface area contributed by atoms with Gasteiger partial charge in [-0.3, -0.25) is 20.2 Å². The topological polar surface area (TPSA) is 94.4 Å². The first kappa shape index (κ1) is 24.0. The van der Waals surface area contributed by atoms with Crippen LogP contribution in [0.1, 0.15) is 30.1 Å². The number of carbonyl (C=O) groups excluding carboxylic acids is 1. The van der Waals surface area contributed by atoms with Gasteiger partial charge in [-0.15, -0.1) is 0 Å². The average molecular weight is 492 g/mol. The summed E-state index contributed by atoms with van der Waals surface area (Å²) in [5, 5.41) is 14.2. The van der Waals surface area contributed by atoms with Gasteiger partial charge in [0.25, 0.3) is 11.6 Å². The minimum atomic E-state index is -0.469. The Morgan fingerprint density at radius 2 is 1.69 bits per heavy atom. The van der Waals surface area contributed by atoms with Crippen LogP contribution in [0.15, 0.2) is 72.8 Å². The predicted molar refractivity (Wildman–Crippen MR) is 134 cm³/mol.